The van der Waals surface area contributed by atoms with Gasteiger partial charge in [-0.2, -0.15) is 0 Å². The summed E-state index contributed by atoms with van der Waals surface area (Å²) in [5.74, 6) is 0.684. The molecular weight excluding hydrogens is 256 g/mol. The molecule has 1 aliphatic heterocycles. The van der Waals surface area contributed by atoms with Crippen molar-refractivity contribution in [2.45, 2.75) is 39.8 Å². The van der Waals surface area contributed by atoms with Gasteiger partial charge in [0.25, 0.3) is 0 Å². The van der Waals surface area contributed by atoms with E-state index in [4.69, 9.17) is 11.6 Å². The molecule has 1 fully saturated rings. The fraction of sp³-hybridized carbons (Fsp3) is 0.625. The summed E-state index contributed by atoms with van der Waals surface area (Å²) in [5, 5.41) is 4.40. The van der Waals surface area contributed by atoms with Gasteiger partial charge in [-0.05, 0) is 36.9 Å². The van der Waals surface area contributed by atoms with Gasteiger partial charge in [0.05, 0.1) is 0 Å². The quantitative estimate of drug-likeness (QED) is 0.888. The summed E-state index contributed by atoms with van der Waals surface area (Å²) in [6.07, 6.45) is 1.25. The van der Waals surface area contributed by atoms with E-state index in [1.807, 2.05) is 0 Å². The highest BCUT2D eigenvalue weighted by molar-refractivity contribution is 6.32. The highest BCUT2D eigenvalue weighted by Crippen LogP contribution is 2.24. The Morgan fingerprint density at radius 1 is 1.42 bits per heavy atom. The second-order valence-corrected chi connectivity index (χ2v) is 6.40. The van der Waals surface area contributed by atoms with Crippen LogP contribution in [0.4, 0.5) is 0 Å². The predicted octanol–water partition coefficient (Wildman–Crippen LogP) is 3.47. The molecule has 0 bridgehead atoms. The van der Waals surface area contributed by atoms with E-state index in [0.717, 1.165) is 31.2 Å². The maximum Gasteiger partial charge on any atom is 0.0480 e. The van der Waals surface area contributed by atoms with Crippen LogP contribution in [0.15, 0.2) is 18.2 Å². The number of nitrogens with one attached hydrogen (secondary N) is 1. The Bertz CT molecular complexity index is 411. The van der Waals surface area contributed by atoms with E-state index in [0.29, 0.717) is 12.0 Å². The molecule has 0 amide bonds. The molecular formula is C16H25ClN2. The number of rotatable bonds is 5. The molecule has 19 heavy (non-hydrogen) atoms. The Balaban J connectivity index is 2.12. The van der Waals surface area contributed by atoms with Crippen LogP contribution in [0.2, 0.25) is 5.02 Å². The summed E-state index contributed by atoms with van der Waals surface area (Å²) in [5.41, 5.74) is 2.43. The molecule has 0 aromatic heterocycles. The normalized spacial score (nSPS) is 19.6. The minimum atomic E-state index is 0.652. The van der Waals surface area contributed by atoms with Gasteiger partial charge in [-0.3, -0.25) is 4.90 Å². The summed E-state index contributed by atoms with van der Waals surface area (Å²) in [6, 6.07) is 7.00. The molecule has 1 N–H and O–H groups in total. The number of hydrogen-bond acceptors (Lipinski definition) is 2. The van der Waals surface area contributed by atoms with Gasteiger partial charge in [0.2, 0.25) is 0 Å². The number of aryl methyl sites for hydroxylation is 1. The van der Waals surface area contributed by atoms with Crippen LogP contribution >= 0.6 is 11.6 Å². The monoisotopic (exact) mass is 280 g/mol. The van der Waals surface area contributed by atoms with E-state index in [9.17, 15) is 0 Å². The third kappa shape index (κ3) is 3.95. The molecule has 2 rings (SSSR count). The number of nitrogens with zero attached hydrogens (tertiary/aromatic N) is 1. The lowest BCUT2D eigenvalue weighted by atomic mass is 10.1. The predicted molar refractivity (Wildman–Crippen MR) is 82.7 cm³/mol. The van der Waals surface area contributed by atoms with Crippen LogP contribution in [0.1, 0.15) is 31.4 Å². The van der Waals surface area contributed by atoms with Crippen LogP contribution in [-0.2, 0) is 6.54 Å². The van der Waals surface area contributed by atoms with Crippen LogP contribution in [0, 0.1) is 12.8 Å². The lowest BCUT2D eigenvalue weighted by Crippen LogP contribution is -2.38. The van der Waals surface area contributed by atoms with Crippen molar-refractivity contribution < 1.29 is 0 Å². The molecule has 0 unspecified atom stereocenters. The zero-order valence-corrected chi connectivity index (χ0v) is 13.0. The third-order valence-corrected chi connectivity index (χ3v) is 4.34. The van der Waals surface area contributed by atoms with E-state index >= 15 is 0 Å². The Kier molecular flexibility index (Phi) is 5.26. The van der Waals surface area contributed by atoms with Crippen molar-refractivity contribution in [1.82, 2.24) is 10.2 Å². The molecule has 2 nitrogen and oxygen atoms in total. The van der Waals surface area contributed by atoms with Crippen molar-refractivity contribution in [3.8, 4) is 0 Å². The van der Waals surface area contributed by atoms with Crippen molar-refractivity contribution in [2.75, 3.05) is 19.6 Å². The van der Waals surface area contributed by atoms with Gasteiger partial charge in [0.15, 0.2) is 0 Å². The van der Waals surface area contributed by atoms with Gasteiger partial charge in [0, 0.05) is 30.7 Å². The summed E-state index contributed by atoms with van der Waals surface area (Å²) in [6.45, 7) is 11.0. The zero-order valence-electron chi connectivity index (χ0n) is 12.2. The van der Waals surface area contributed by atoms with Crippen molar-refractivity contribution in [3.05, 3.63) is 34.3 Å². The van der Waals surface area contributed by atoms with E-state index in [-0.39, 0.29) is 0 Å². The number of hydrogen-bond donors (Lipinski definition) is 1. The second-order valence-electron chi connectivity index (χ2n) is 6.02. The molecule has 0 spiro atoms. The average Bonchev–Trinajstić information content (AvgIpc) is 2.87. The van der Waals surface area contributed by atoms with E-state index in [2.05, 4.69) is 49.2 Å². The third-order valence-electron chi connectivity index (χ3n) is 3.80. The number of halogens is 1. The van der Waals surface area contributed by atoms with E-state index in [1.165, 1.54) is 17.5 Å². The Morgan fingerprint density at radius 3 is 2.84 bits per heavy atom. The maximum absolute atomic E-state index is 6.44. The van der Waals surface area contributed by atoms with E-state index < -0.39 is 0 Å². The second kappa shape index (κ2) is 6.74. The minimum absolute atomic E-state index is 0.652. The molecule has 1 aromatic rings. The fourth-order valence-corrected chi connectivity index (χ4v) is 3.00. The maximum atomic E-state index is 6.44. The molecule has 0 aliphatic carbocycles. The standard InChI is InChI=1S/C16H25ClN2/c1-12(2)10-19(15-7-8-18-9-15)11-14-6-4-5-13(3)16(14)17/h4-6,12,15,18H,7-11H2,1-3H3/t15-/m1/s1. The van der Waals surface area contributed by atoms with Gasteiger partial charge in [-0.15, -0.1) is 0 Å². The summed E-state index contributed by atoms with van der Waals surface area (Å²) in [4.78, 5) is 2.59. The summed E-state index contributed by atoms with van der Waals surface area (Å²) >= 11 is 6.44. The van der Waals surface area contributed by atoms with Gasteiger partial charge in [-0.1, -0.05) is 43.6 Å². The highest BCUT2D eigenvalue weighted by Gasteiger charge is 2.23. The number of benzene rings is 1. The Labute approximate surface area is 122 Å². The average molecular weight is 281 g/mol. The lowest BCUT2D eigenvalue weighted by molar-refractivity contribution is 0.177. The molecule has 106 valence electrons. The van der Waals surface area contributed by atoms with Crippen molar-refractivity contribution in [3.63, 3.8) is 0 Å². The molecule has 0 radical (unpaired) electrons. The topological polar surface area (TPSA) is 15.3 Å². The molecule has 0 saturated carbocycles. The van der Waals surface area contributed by atoms with Crippen LogP contribution < -0.4 is 5.32 Å². The van der Waals surface area contributed by atoms with Crippen molar-refractivity contribution in [2.24, 2.45) is 5.92 Å². The first kappa shape index (κ1) is 14.8. The smallest absolute Gasteiger partial charge is 0.0480 e. The SMILES string of the molecule is Cc1cccc(CN(CC(C)C)[C@@H]2CCNC2)c1Cl. The molecule has 1 aliphatic rings. The van der Waals surface area contributed by atoms with Crippen molar-refractivity contribution in [1.29, 1.82) is 0 Å². The summed E-state index contributed by atoms with van der Waals surface area (Å²) in [7, 11) is 0. The van der Waals surface area contributed by atoms with Crippen LogP contribution in [-0.4, -0.2) is 30.6 Å². The van der Waals surface area contributed by atoms with Crippen LogP contribution in [0.3, 0.4) is 0 Å². The van der Waals surface area contributed by atoms with Gasteiger partial charge in [0.1, 0.15) is 0 Å². The van der Waals surface area contributed by atoms with Crippen molar-refractivity contribution >= 4 is 11.6 Å². The Morgan fingerprint density at radius 2 is 2.21 bits per heavy atom. The first-order valence-corrected chi connectivity index (χ1v) is 7.64. The first-order valence-electron chi connectivity index (χ1n) is 7.26. The van der Waals surface area contributed by atoms with Crippen LogP contribution in [0.25, 0.3) is 0 Å². The molecule has 1 saturated heterocycles. The largest absolute Gasteiger partial charge is 0.315 e. The molecule has 1 heterocycles. The first-order chi connectivity index (χ1) is 9.08. The molecule has 3 heteroatoms. The van der Waals surface area contributed by atoms with E-state index in [1.54, 1.807) is 0 Å². The van der Waals surface area contributed by atoms with Gasteiger partial charge in [-0.25, -0.2) is 0 Å². The zero-order chi connectivity index (χ0) is 13.8. The van der Waals surface area contributed by atoms with Crippen LogP contribution in [0.5, 0.6) is 0 Å². The van der Waals surface area contributed by atoms with Gasteiger partial charge < -0.3 is 5.32 Å². The van der Waals surface area contributed by atoms with Gasteiger partial charge >= 0.3 is 0 Å². The molecule has 1 atom stereocenters. The highest BCUT2D eigenvalue weighted by atomic mass is 35.5. The fourth-order valence-electron chi connectivity index (χ4n) is 2.81. The minimum Gasteiger partial charge on any atom is -0.315 e. The Hall–Kier alpha value is -0.570. The lowest BCUT2D eigenvalue weighted by Gasteiger charge is -2.30. The molecule has 1 aromatic carbocycles. The summed E-state index contributed by atoms with van der Waals surface area (Å²) < 4.78 is 0.